The van der Waals surface area contributed by atoms with E-state index in [4.69, 9.17) is 4.74 Å². The fourth-order valence-electron chi connectivity index (χ4n) is 4.57. The first-order valence-corrected chi connectivity index (χ1v) is 9.57. The molecule has 0 aromatic carbocycles. The number of allylic oxidation sites excluding steroid dienone is 1. The van der Waals surface area contributed by atoms with Crippen molar-refractivity contribution in [2.75, 3.05) is 6.61 Å². The Hall–Kier alpha value is -0.790. The smallest absolute Gasteiger partial charge is 0.330 e. The average Bonchev–Trinajstić information content (AvgIpc) is 2.55. The minimum atomic E-state index is -0.182. The van der Waals surface area contributed by atoms with Gasteiger partial charge < -0.3 is 4.74 Å². The summed E-state index contributed by atoms with van der Waals surface area (Å²) in [6.07, 6.45) is 17.7. The highest BCUT2D eigenvalue weighted by Gasteiger charge is 2.30. The lowest BCUT2D eigenvalue weighted by Crippen LogP contribution is -2.25. The largest absolute Gasteiger partial charge is 0.463 e. The highest BCUT2D eigenvalue weighted by atomic mass is 16.5. The van der Waals surface area contributed by atoms with Crippen LogP contribution < -0.4 is 0 Å². The zero-order valence-corrected chi connectivity index (χ0v) is 14.6. The van der Waals surface area contributed by atoms with Crippen LogP contribution in [0.4, 0.5) is 0 Å². The van der Waals surface area contributed by atoms with Crippen molar-refractivity contribution in [3.05, 3.63) is 12.2 Å². The molecule has 126 valence electrons. The molecule has 0 heterocycles. The summed E-state index contributed by atoms with van der Waals surface area (Å²) in [5.41, 5.74) is 0. The van der Waals surface area contributed by atoms with Gasteiger partial charge in [0, 0.05) is 6.08 Å². The molecule has 2 aliphatic rings. The van der Waals surface area contributed by atoms with E-state index in [9.17, 15) is 4.79 Å². The molecule has 0 saturated heterocycles. The van der Waals surface area contributed by atoms with E-state index in [0.29, 0.717) is 12.5 Å². The molecule has 0 unspecified atom stereocenters. The van der Waals surface area contributed by atoms with E-state index < -0.39 is 0 Å². The molecule has 2 nitrogen and oxygen atoms in total. The third-order valence-electron chi connectivity index (χ3n) is 5.86. The molecule has 2 heteroatoms. The maximum Gasteiger partial charge on any atom is 0.330 e. The van der Waals surface area contributed by atoms with Crippen LogP contribution in [0.3, 0.4) is 0 Å². The monoisotopic (exact) mass is 306 g/mol. The van der Waals surface area contributed by atoms with Gasteiger partial charge in [0.05, 0.1) is 6.61 Å². The van der Waals surface area contributed by atoms with E-state index in [2.05, 4.69) is 13.0 Å². The predicted molar refractivity (Wildman–Crippen MR) is 91.6 cm³/mol. The zero-order valence-electron chi connectivity index (χ0n) is 14.6. The topological polar surface area (TPSA) is 26.3 Å². The number of rotatable bonds is 6. The number of carbonyl (C=O) groups excluding carboxylic acids is 1. The number of ether oxygens (including phenoxy) is 1. The maximum atomic E-state index is 11.4. The number of carbonyl (C=O) groups is 1. The lowest BCUT2D eigenvalue weighted by Gasteiger charge is -2.37. The fourth-order valence-corrected chi connectivity index (χ4v) is 4.57. The Morgan fingerprint density at radius 3 is 2.09 bits per heavy atom. The standard InChI is InChI=1S/C20H34O2/c1-3-5-16-6-11-18(12-7-16)19-13-8-17(9-14-19)10-15-20(21)22-4-2/h10,15-19H,3-9,11-14H2,1-2H3/t16-,17?,18-,19?. The van der Waals surface area contributed by atoms with E-state index in [-0.39, 0.29) is 5.97 Å². The van der Waals surface area contributed by atoms with E-state index in [1.165, 1.54) is 64.2 Å². The fraction of sp³-hybridized carbons (Fsp3) is 0.850. The van der Waals surface area contributed by atoms with Crippen LogP contribution in [0.2, 0.25) is 0 Å². The normalized spacial score (nSPS) is 33.0. The molecule has 2 saturated carbocycles. The first-order chi connectivity index (χ1) is 10.7. The van der Waals surface area contributed by atoms with Crippen LogP contribution >= 0.6 is 0 Å². The minimum Gasteiger partial charge on any atom is -0.463 e. The van der Waals surface area contributed by atoms with Gasteiger partial charge in [0.15, 0.2) is 0 Å². The molecule has 0 bridgehead atoms. The maximum absolute atomic E-state index is 11.4. The highest BCUT2D eigenvalue weighted by Crippen LogP contribution is 2.42. The Kier molecular flexibility index (Phi) is 7.48. The molecular formula is C20H34O2. The van der Waals surface area contributed by atoms with Crippen molar-refractivity contribution >= 4 is 5.97 Å². The van der Waals surface area contributed by atoms with E-state index in [1.807, 2.05) is 6.92 Å². The molecule has 0 atom stereocenters. The van der Waals surface area contributed by atoms with Gasteiger partial charge in [-0.3, -0.25) is 0 Å². The highest BCUT2D eigenvalue weighted by molar-refractivity contribution is 5.81. The Bertz CT molecular complexity index is 345. The van der Waals surface area contributed by atoms with Crippen molar-refractivity contribution in [2.45, 2.75) is 78.1 Å². The Balaban J connectivity index is 1.68. The molecule has 2 fully saturated rings. The summed E-state index contributed by atoms with van der Waals surface area (Å²) in [5, 5.41) is 0. The Morgan fingerprint density at radius 2 is 1.55 bits per heavy atom. The van der Waals surface area contributed by atoms with Crippen molar-refractivity contribution in [3.63, 3.8) is 0 Å². The lowest BCUT2D eigenvalue weighted by molar-refractivity contribution is -0.137. The molecule has 0 aliphatic heterocycles. The van der Waals surface area contributed by atoms with Crippen LogP contribution in [0.5, 0.6) is 0 Å². The van der Waals surface area contributed by atoms with Crippen molar-refractivity contribution < 1.29 is 9.53 Å². The van der Waals surface area contributed by atoms with Crippen LogP contribution in [0.1, 0.15) is 78.1 Å². The van der Waals surface area contributed by atoms with Gasteiger partial charge in [-0.2, -0.15) is 0 Å². The van der Waals surface area contributed by atoms with Crippen molar-refractivity contribution in [1.29, 1.82) is 0 Å². The number of hydrogen-bond acceptors (Lipinski definition) is 2. The first kappa shape index (κ1) is 17.6. The summed E-state index contributed by atoms with van der Waals surface area (Å²) in [6.45, 7) is 4.64. The van der Waals surface area contributed by atoms with Gasteiger partial charge in [0.1, 0.15) is 0 Å². The van der Waals surface area contributed by atoms with Gasteiger partial charge in [-0.25, -0.2) is 4.79 Å². The minimum absolute atomic E-state index is 0.182. The molecule has 2 rings (SSSR count). The van der Waals surface area contributed by atoms with E-state index in [0.717, 1.165) is 17.8 Å². The summed E-state index contributed by atoms with van der Waals surface area (Å²) in [7, 11) is 0. The van der Waals surface area contributed by atoms with Crippen LogP contribution in [0.25, 0.3) is 0 Å². The van der Waals surface area contributed by atoms with Crippen molar-refractivity contribution in [2.24, 2.45) is 23.7 Å². The Labute approximate surface area is 136 Å². The molecule has 0 aromatic rings. The molecular weight excluding hydrogens is 272 g/mol. The summed E-state index contributed by atoms with van der Waals surface area (Å²) in [4.78, 5) is 11.4. The van der Waals surface area contributed by atoms with Gasteiger partial charge in [-0.1, -0.05) is 38.7 Å². The van der Waals surface area contributed by atoms with Gasteiger partial charge in [0.25, 0.3) is 0 Å². The van der Waals surface area contributed by atoms with Gasteiger partial charge in [-0.05, 0) is 69.1 Å². The summed E-state index contributed by atoms with van der Waals surface area (Å²) in [6, 6.07) is 0. The van der Waals surface area contributed by atoms with Crippen molar-refractivity contribution in [1.82, 2.24) is 0 Å². The first-order valence-electron chi connectivity index (χ1n) is 9.57. The summed E-state index contributed by atoms with van der Waals surface area (Å²) in [5.74, 6) is 3.37. The zero-order chi connectivity index (χ0) is 15.8. The third-order valence-corrected chi connectivity index (χ3v) is 5.86. The molecule has 0 spiro atoms. The SMILES string of the molecule is CCC[C@H]1CC[C@H](C2CCC(C=CC(=O)OCC)CC2)CC1. The molecule has 22 heavy (non-hydrogen) atoms. The van der Waals surface area contributed by atoms with Crippen LogP contribution in [-0.4, -0.2) is 12.6 Å². The number of esters is 1. The predicted octanol–water partition coefficient (Wildman–Crippen LogP) is 5.52. The van der Waals surface area contributed by atoms with Crippen LogP contribution in [0, 0.1) is 23.7 Å². The lowest BCUT2D eigenvalue weighted by atomic mass is 9.69. The average molecular weight is 306 g/mol. The molecule has 0 N–H and O–H groups in total. The van der Waals surface area contributed by atoms with E-state index >= 15 is 0 Å². The number of hydrogen-bond donors (Lipinski definition) is 0. The second kappa shape index (κ2) is 9.37. The van der Waals surface area contributed by atoms with Gasteiger partial charge >= 0.3 is 5.97 Å². The molecule has 0 aromatic heterocycles. The van der Waals surface area contributed by atoms with Gasteiger partial charge in [0.2, 0.25) is 0 Å². The third kappa shape index (κ3) is 5.44. The summed E-state index contributed by atoms with van der Waals surface area (Å²) < 4.78 is 4.95. The molecule has 0 amide bonds. The quantitative estimate of drug-likeness (QED) is 0.477. The molecule has 2 aliphatic carbocycles. The van der Waals surface area contributed by atoms with Crippen molar-refractivity contribution in [3.8, 4) is 0 Å². The molecule has 0 radical (unpaired) electrons. The van der Waals surface area contributed by atoms with Gasteiger partial charge in [-0.15, -0.1) is 0 Å². The summed E-state index contributed by atoms with van der Waals surface area (Å²) >= 11 is 0. The van der Waals surface area contributed by atoms with E-state index in [1.54, 1.807) is 6.08 Å². The van der Waals surface area contributed by atoms with Crippen LogP contribution in [0.15, 0.2) is 12.2 Å². The Morgan fingerprint density at radius 1 is 0.955 bits per heavy atom. The van der Waals surface area contributed by atoms with Crippen LogP contribution in [-0.2, 0) is 9.53 Å². The second-order valence-corrected chi connectivity index (χ2v) is 7.36. The second-order valence-electron chi connectivity index (χ2n) is 7.36.